The second kappa shape index (κ2) is 8.09. The highest BCUT2D eigenvalue weighted by molar-refractivity contribution is 7.80. The largest absolute Gasteiger partial charge is 0.496 e. The maximum Gasteiger partial charge on any atom is 0.129 e. The van der Waals surface area contributed by atoms with Gasteiger partial charge in [-0.3, -0.25) is 0 Å². The first-order chi connectivity index (χ1) is 9.04. The third-order valence-electron chi connectivity index (χ3n) is 2.48. The summed E-state index contributed by atoms with van der Waals surface area (Å²) in [5.41, 5.74) is 7.40. The van der Waals surface area contributed by atoms with Crippen molar-refractivity contribution in [3.63, 3.8) is 0 Å². The van der Waals surface area contributed by atoms with Crippen LogP contribution in [0.5, 0.6) is 5.75 Å². The summed E-state index contributed by atoms with van der Waals surface area (Å²) >= 11 is 5.00. The lowest BCUT2D eigenvalue weighted by Crippen LogP contribution is -2.12. The fourth-order valence-electron chi connectivity index (χ4n) is 1.57. The van der Waals surface area contributed by atoms with Crippen LogP contribution >= 0.6 is 12.2 Å². The molecule has 0 aromatic heterocycles. The Morgan fingerprint density at radius 3 is 2.63 bits per heavy atom. The van der Waals surface area contributed by atoms with Gasteiger partial charge in [0.25, 0.3) is 0 Å². The van der Waals surface area contributed by atoms with Crippen LogP contribution in [0.4, 0.5) is 0 Å². The smallest absolute Gasteiger partial charge is 0.129 e. The molecule has 0 atom stereocenters. The predicted molar refractivity (Wildman–Crippen MR) is 79.6 cm³/mol. The maximum atomic E-state index is 5.66. The van der Waals surface area contributed by atoms with Crippen molar-refractivity contribution in [2.75, 3.05) is 20.3 Å². The highest BCUT2D eigenvalue weighted by Crippen LogP contribution is 2.20. The van der Waals surface area contributed by atoms with Gasteiger partial charge in [-0.15, -0.1) is 0 Å². The number of benzene rings is 1. The molecule has 19 heavy (non-hydrogen) atoms. The van der Waals surface area contributed by atoms with E-state index in [1.165, 1.54) is 0 Å². The summed E-state index contributed by atoms with van der Waals surface area (Å²) in [4.78, 5) is 0.321. The molecular formula is C14H21NO3S. The minimum atomic E-state index is 0.228. The normalized spacial score (nSPS) is 10.7. The molecule has 0 aliphatic heterocycles. The van der Waals surface area contributed by atoms with Gasteiger partial charge in [0.1, 0.15) is 10.7 Å². The Hall–Kier alpha value is -1.17. The van der Waals surface area contributed by atoms with Crippen LogP contribution in [0.3, 0.4) is 0 Å². The maximum absolute atomic E-state index is 5.66. The van der Waals surface area contributed by atoms with Crippen LogP contribution in [-0.4, -0.2) is 31.4 Å². The summed E-state index contributed by atoms with van der Waals surface area (Å²) in [7, 11) is 1.59. The van der Waals surface area contributed by atoms with E-state index < -0.39 is 0 Å². The summed E-state index contributed by atoms with van der Waals surface area (Å²) in [6.45, 7) is 5.65. The fourth-order valence-corrected chi connectivity index (χ4v) is 1.73. The first-order valence-corrected chi connectivity index (χ1v) is 6.61. The number of nitrogens with two attached hydrogens (primary N) is 1. The first-order valence-electron chi connectivity index (χ1n) is 6.20. The minimum Gasteiger partial charge on any atom is -0.496 e. The van der Waals surface area contributed by atoms with E-state index in [1.54, 1.807) is 7.11 Å². The van der Waals surface area contributed by atoms with Crippen molar-refractivity contribution in [2.24, 2.45) is 5.73 Å². The zero-order valence-corrected chi connectivity index (χ0v) is 12.5. The number of ether oxygens (including phenoxy) is 3. The minimum absolute atomic E-state index is 0.228. The first kappa shape index (κ1) is 15.9. The molecule has 4 nitrogen and oxygen atoms in total. The quantitative estimate of drug-likeness (QED) is 0.586. The van der Waals surface area contributed by atoms with E-state index in [2.05, 4.69) is 0 Å². The molecule has 5 heteroatoms. The van der Waals surface area contributed by atoms with Crippen LogP contribution < -0.4 is 10.5 Å². The van der Waals surface area contributed by atoms with E-state index in [9.17, 15) is 0 Å². The second-order valence-electron chi connectivity index (χ2n) is 4.37. The van der Waals surface area contributed by atoms with Gasteiger partial charge in [0.05, 0.1) is 38.6 Å². The Bertz CT molecular complexity index is 421. The van der Waals surface area contributed by atoms with Gasteiger partial charge in [-0.2, -0.15) is 0 Å². The highest BCUT2D eigenvalue weighted by Gasteiger charge is 2.07. The van der Waals surface area contributed by atoms with Crippen LogP contribution in [0.25, 0.3) is 0 Å². The van der Waals surface area contributed by atoms with Crippen molar-refractivity contribution in [3.05, 3.63) is 29.3 Å². The lowest BCUT2D eigenvalue weighted by atomic mass is 10.1. The van der Waals surface area contributed by atoms with Gasteiger partial charge in [0.15, 0.2) is 0 Å². The van der Waals surface area contributed by atoms with Crippen molar-refractivity contribution in [1.29, 1.82) is 0 Å². The van der Waals surface area contributed by atoms with Crippen LogP contribution in [0.15, 0.2) is 18.2 Å². The SMILES string of the molecule is COc1ccc(COCCOC(C)C)cc1C(N)=S. The topological polar surface area (TPSA) is 53.7 Å². The summed E-state index contributed by atoms with van der Waals surface area (Å²) < 4.78 is 16.1. The van der Waals surface area contributed by atoms with Crippen molar-refractivity contribution in [1.82, 2.24) is 0 Å². The molecule has 2 N–H and O–H groups in total. The van der Waals surface area contributed by atoms with Crippen LogP contribution in [0.1, 0.15) is 25.0 Å². The molecule has 0 aliphatic rings. The Balaban J connectivity index is 2.50. The second-order valence-corrected chi connectivity index (χ2v) is 4.81. The third-order valence-corrected chi connectivity index (χ3v) is 2.70. The molecule has 0 aliphatic carbocycles. The molecule has 1 aromatic carbocycles. The lowest BCUT2D eigenvalue weighted by Gasteiger charge is -2.11. The molecule has 1 rings (SSSR count). The number of thiocarbonyl (C=S) groups is 1. The molecule has 0 bridgehead atoms. The van der Waals surface area contributed by atoms with E-state index in [0.717, 1.165) is 11.1 Å². The van der Waals surface area contributed by atoms with Gasteiger partial charge in [-0.25, -0.2) is 0 Å². The molecule has 0 fully saturated rings. The molecule has 0 saturated heterocycles. The van der Waals surface area contributed by atoms with Gasteiger partial charge in [0.2, 0.25) is 0 Å². The molecule has 0 spiro atoms. The summed E-state index contributed by atoms with van der Waals surface area (Å²) in [6.07, 6.45) is 0.228. The monoisotopic (exact) mass is 283 g/mol. The Morgan fingerprint density at radius 1 is 1.32 bits per heavy atom. The van der Waals surface area contributed by atoms with Gasteiger partial charge < -0.3 is 19.9 Å². The molecule has 106 valence electrons. The van der Waals surface area contributed by atoms with Crippen LogP contribution in [0.2, 0.25) is 0 Å². The van der Waals surface area contributed by atoms with E-state index in [4.69, 9.17) is 32.2 Å². The standard InChI is InChI=1S/C14H21NO3S/c1-10(2)18-7-6-17-9-11-4-5-13(16-3)12(8-11)14(15)19/h4-5,8,10H,6-7,9H2,1-3H3,(H2,15,19). The number of hydrogen-bond acceptors (Lipinski definition) is 4. The Morgan fingerprint density at radius 2 is 2.05 bits per heavy atom. The highest BCUT2D eigenvalue weighted by atomic mass is 32.1. The summed E-state index contributed by atoms with van der Waals surface area (Å²) in [6, 6.07) is 5.67. The molecule has 1 aromatic rings. The number of rotatable bonds is 8. The van der Waals surface area contributed by atoms with Gasteiger partial charge in [-0.05, 0) is 31.5 Å². The van der Waals surface area contributed by atoms with Crippen molar-refractivity contribution < 1.29 is 14.2 Å². The lowest BCUT2D eigenvalue weighted by molar-refractivity contribution is 0.0143. The molecule has 0 radical (unpaired) electrons. The predicted octanol–water partition coefficient (Wildman–Crippen LogP) is 2.27. The van der Waals surface area contributed by atoms with E-state index in [-0.39, 0.29) is 6.10 Å². The molecule has 0 amide bonds. The Labute approximate surface area is 119 Å². The third kappa shape index (κ3) is 5.55. The number of methoxy groups -OCH3 is 1. The average molecular weight is 283 g/mol. The summed E-state index contributed by atoms with van der Waals surface area (Å²) in [5.74, 6) is 0.680. The zero-order chi connectivity index (χ0) is 14.3. The van der Waals surface area contributed by atoms with E-state index in [1.807, 2.05) is 32.0 Å². The number of hydrogen-bond donors (Lipinski definition) is 1. The van der Waals surface area contributed by atoms with E-state index >= 15 is 0 Å². The molecule has 0 saturated carbocycles. The van der Waals surface area contributed by atoms with Gasteiger partial charge in [0, 0.05) is 0 Å². The summed E-state index contributed by atoms with van der Waals surface area (Å²) in [5, 5.41) is 0. The zero-order valence-electron chi connectivity index (χ0n) is 11.6. The molecular weight excluding hydrogens is 262 g/mol. The van der Waals surface area contributed by atoms with Crippen molar-refractivity contribution >= 4 is 17.2 Å². The average Bonchev–Trinajstić information content (AvgIpc) is 2.37. The fraction of sp³-hybridized carbons (Fsp3) is 0.500. The Kier molecular flexibility index (Phi) is 6.77. The van der Waals surface area contributed by atoms with Crippen molar-refractivity contribution in [2.45, 2.75) is 26.6 Å². The molecule has 0 heterocycles. The van der Waals surface area contributed by atoms with Gasteiger partial charge in [-0.1, -0.05) is 18.3 Å². The van der Waals surface area contributed by atoms with E-state index in [0.29, 0.717) is 30.6 Å². The van der Waals surface area contributed by atoms with Crippen LogP contribution in [0, 0.1) is 0 Å². The van der Waals surface area contributed by atoms with Gasteiger partial charge >= 0.3 is 0 Å². The molecule has 0 unspecified atom stereocenters. The van der Waals surface area contributed by atoms with Crippen LogP contribution in [-0.2, 0) is 16.1 Å². The van der Waals surface area contributed by atoms with Crippen molar-refractivity contribution in [3.8, 4) is 5.75 Å².